The van der Waals surface area contributed by atoms with E-state index in [2.05, 4.69) is 10.1 Å². The molecular formula is C13H10ClN3OS2. The second-order valence-corrected chi connectivity index (χ2v) is 6.79. The number of nitrogens with zero attached hydrogens (tertiary/aromatic N) is 3. The van der Waals surface area contributed by atoms with E-state index in [1.54, 1.807) is 11.8 Å². The average Bonchev–Trinajstić information content (AvgIpc) is 2.79. The van der Waals surface area contributed by atoms with Crippen LogP contribution in [0.15, 0.2) is 40.0 Å². The Labute approximate surface area is 128 Å². The van der Waals surface area contributed by atoms with Gasteiger partial charge in [0, 0.05) is 21.7 Å². The zero-order valence-electron chi connectivity index (χ0n) is 10.5. The van der Waals surface area contributed by atoms with Gasteiger partial charge in [-0.2, -0.15) is 9.61 Å². The molecule has 3 aromatic rings. The van der Waals surface area contributed by atoms with E-state index in [9.17, 15) is 4.79 Å². The van der Waals surface area contributed by atoms with Crippen molar-refractivity contribution in [3.8, 4) is 0 Å². The van der Waals surface area contributed by atoms with Gasteiger partial charge in [-0.1, -0.05) is 22.9 Å². The largest absolute Gasteiger partial charge is 0.275 e. The first-order chi connectivity index (χ1) is 9.61. The van der Waals surface area contributed by atoms with Gasteiger partial charge in [-0.3, -0.25) is 4.79 Å². The summed E-state index contributed by atoms with van der Waals surface area (Å²) < 4.78 is 1.34. The Morgan fingerprint density at radius 2 is 2.10 bits per heavy atom. The molecule has 0 radical (unpaired) electrons. The molecule has 0 fully saturated rings. The second kappa shape index (κ2) is 5.55. The Hall–Kier alpha value is -1.37. The molecule has 0 spiro atoms. The van der Waals surface area contributed by atoms with Crippen molar-refractivity contribution in [1.29, 1.82) is 0 Å². The van der Waals surface area contributed by atoms with Crippen LogP contribution in [0.2, 0.25) is 5.02 Å². The number of aromatic nitrogens is 3. The predicted molar refractivity (Wildman–Crippen MR) is 82.9 cm³/mol. The molecule has 0 unspecified atom stereocenters. The Kier molecular flexibility index (Phi) is 3.78. The van der Waals surface area contributed by atoms with Crippen LogP contribution in [0.3, 0.4) is 0 Å². The van der Waals surface area contributed by atoms with Gasteiger partial charge < -0.3 is 0 Å². The third-order valence-electron chi connectivity index (χ3n) is 2.60. The minimum absolute atomic E-state index is 0.133. The highest BCUT2D eigenvalue weighted by atomic mass is 35.5. The predicted octanol–water partition coefficient (Wildman–Crippen LogP) is 3.41. The standard InChI is InChI=1S/C13H10ClN3OS2/c1-8-16-17-12(18)6-10(15-13(17)20-8)7-19-11-4-2-9(14)3-5-11/h2-6H,7H2,1H3. The fourth-order valence-corrected chi connectivity index (χ4v) is 3.40. The molecule has 0 amide bonds. The van der Waals surface area contributed by atoms with Gasteiger partial charge in [-0.05, 0) is 31.2 Å². The van der Waals surface area contributed by atoms with Crippen LogP contribution < -0.4 is 5.56 Å². The van der Waals surface area contributed by atoms with Crippen LogP contribution >= 0.6 is 34.7 Å². The van der Waals surface area contributed by atoms with E-state index in [0.29, 0.717) is 15.7 Å². The quantitative estimate of drug-likeness (QED) is 0.693. The zero-order chi connectivity index (χ0) is 14.1. The van der Waals surface area contributed by atoms with Crippen molar-refractivity contribution >= 4 is 39.7 Å². The van der Waals surface area contributed by atoms with Gasteiger partial charge in [0.05, 0.1) is 5.69 Å². The molecule has 102 valence electrons. The van der Waals surface area contributed by atoms with E-state index in [4.69, 9.17) is 11.6 Å². The summed E-state index contributed by atoms with van der Waals surface area (Å²) in [5, 5.41) is 5.67. The number of hydrogen-bond acceptors (Lipinski definition) is 5. The zero-order valence-corrected chi connectivity index (χ0v) is 12.9. The molecule has 1 aromatic carbocycles. The summed E-state index contributed by atoms with van der Waals surface area (Å²) >= 11 is 8.89. The Bertz CT molecular complexity index is 811. The van der Waals surface area contributed by atoms with Crippen molar-refractivity contribution < 1.29 is 0 Å². The highest BCUT2D eigenvalue weighted by Crippen LogP contribution is 2.23. The fourth-order valence-electron chi connectivity index (χ4n) is 1.71. The van der Waals surface area contributed by atoms with Crippen molar-refractivity contribution in [1.82, 2.24) is 14.6 Å². The third-order valence-corrected chi connectivity index (χ3v) is 4.72. The van der Waals surface area contributed by atoms with Gasteiger partial charge in [0.1, 0.15) is 5.01 Å². The summed E-state index contributed by atoms with van der Waals surface area (Å²) in [5.74, 6) is 0.643. The number of hydrogen-bond donors (Lipinski definition) is 0. The molecule has 0 saturated carbocycles. The number of rotatable bonds is 3. The summed E-state index contributed by atoms with van der Waals surface area (Å²) in [7, 11) is 0. The first-order valence-electron chi connectivity index (χ1n) is 5.86. The summed E-state index contributed by atoms with van der Waals surface area (Å²) in [6, 6.07) is 9.14. The summed E-state index contributed by atoms with van der Waals surface area (Å²) in [6.45, 7) is 1.86. The van der Waals surface area contributed by atoms with Crippen LogP contribution in [0.5, 0.6) is 0 Å². The van der Waals surface area contributed by atoms with E-state index in [-0.39, 0.29) is 5.56 Å². The lowest BCUT2D eigenvalue weighted by Crippen LogP contribution is -2.15. The van der Waals surface area contributed by atoms with Gasteiger partial charge >= 0.3 is 0 Å². The molecule has 3 rings (SSSR count). The maximum Gasteiger partial charge on any atom is 0.275 e. The Morgan fingerprint density at radius 1 is 1.35 bits per heavy atom. The summed E-state index contributed by atoms with van der Waals surface area (Å²) in [4.78, 5) is 18.1. The first kappa shape index (κ1) is 13.6. The molecule has 0 aliphatic heterocycles. The van der Waals surface area contributed by atoms with E-state index in [1.807, 2.05) is 31.2 Å². The highest BCUT2D eigenvalue weighted by molar-refractivity contribution is 7.98. The Morgan fingerprint density at radius 3 is 2.85 bits per heavy atom. The van der Waals surface area contributed by atoms with E-state index >= 15 is 0 Å². The number of aryl methyl sites for hydroxylation is 1. The first-order valence-corrected chi connectivity index (χ1v) is 8.04. The molecule has 4 nitrogen and oxygen atoms in total. The van der Waals surface area contributed by atoms with Crippen molar-refractivity contribution in [3.63, 3.8) is 0 Å². The molecular weight excluding hydrogens is 314 g/mol. The van der Waals surface area contributed by atoms with Crippen molar-refractivity contribution in [2.45, 2.75) is 17.6 Å². The molecule has 0 aliphatic rings. The van der Waals surface area contributed by atoms with Crippen LogP contribution in [0.25, 0.3) is 4.96 Å². The molecule has 0 bridgehead atoms. The van der Waals surface area contributed by atoms with Crippen molar-refractivity contribution in [3.05, 3.63) is 56.4 Å². The third kappa shape index (κ3) is 2.87. The monoisotopic (exact) mass is 323 g/mol. The van der Waals surface area contributed by atoms with Crippen LogP contribution in [0.1, 0.15) is 10.7 Å². The van der Waals surface area contributed by atoms with E-state index < -0.39 is 0 Å². The summed E-state index contributed by atoms with van der Waals surface area (Å²) in [5.41, 5.74) is 0.629. The minimum Gasteiger partial charge on any atom is -0.267 e. The molecule has 0 N–H and O–H groups in total. The summed E-state index contributed by atoms with van der Waals surface area (Å²) in [6.07, 6.45) is 0. The molecule has 7 heteroatoms. The Balaban J connectivity index is 1.84. The van der Waals surface area contributed by atoms with Crippen molar-refractivity contribution in [2.75, 3.05) is 0 Å². The fraction of sp³-hybridized carbons (Fsp3) is 0.154. The molecule has 20 heavy (non-hydrogen) atoms. The number of fused-ring (bicyclic) bond motifs is 1. The van der Waals surface area contributed by atoms with Gasteiger partial charge in [0.2, 0.25) is 4.96 Å². The van der Waals surface area contributed by atoms with Crippen molar-refractivity contribution in [2.24, 2.45) is 0 Å². The lowest BCUT2D eigenvalue weighted by Gasteiger charge is -2.01. The molecule has 0 aliphatic carbocycles. The van der Waals surface area contributed by atoms with Crippen LogP contribution in [0.4, 0.5) is 0 Å². The highest BCUT2D eigenvalue weighted by Gasteiger charge is 2.07. The second-order valence-electron chi connectivity index (χ2n) is 4.14. The maximum absolute atomic E-state index is 11.9. The van der Waals surface area contributed by atoms with Crippen LogP contribution in [-0.2, 0) is 5.75 Å². The van der Waals surface area contributed by atoms with Gasteiger partial charge in [0.15, 0.2) is 0 Å². The molecule has 2 aromatic heterocycles. The van der Waals surface area contributed by atoms with Crippen LogP contribution in [-0.4, -0.2) is 14.6 Å². The number of halogens is 1. The normalized spacial score (nSPS) is 11.1. The van der Waals surface area contributed by atoms with E-state index in [1.165, 1.54) is 21.9 Å². The maximum atomic E-state index is 11.9. The smallest absolute Gasteiger partial charge is 0.267 e. The molecule has 2 heterocycles. The average molecular weight is 324 g/mol. The minimum atomic E-state index is -0.133. The van der Waals surface area contributed by atoms with Crippen LogP contribution in [0, 0.1) is 6.92 Å². The SMILES string of the molecule is Cc1nn2c(=O)cc(CSc3ccc(Cl)cc3)nc2s1. The molecule has 0 atom stereocenters. The van der Waals surface area contributed by atoms with E-state index in [0.717, 1.165) is 15.6 Å². The lowest BCUT2D eigenvalue weighted by molar-refractivity contribution is 0.872. The lowest BCUT2D eigenvalue weighted by atomic mass is 10.4. The molecule has 0 saturated heterocycles. The number of thioether (sulfide) groups is 1. The van der Waals surface area contributed by atoms with Gasteiger partial charge in [0.25, 0.3) is 5.56 Å². The number of benzene rings is 1. The topological polar surface area (TPSA) is 47.3 Å². The van der Waals surface area contributed by atoms with Gasteiger partial charge in [-0.25, -0.2) is 4.98 Å². The van der Waals surface area contributed by atoms with Gasteiger partial charge in [-0.15, -0.1) is 11.8 Å².